The Labute approximate surface area is 193 Å². The molecule has 1 aliphatic heterocycles. The van der Waals surface area contributed by atoms with Crippen LogP contribution in [0.3, 0.4) is 0 Å². The highest BCUT2D eigenvalue weighted by Gasteiger charge is 2.27. The second-order valence-corrected chi connectivity index (χ2v) is 9.80. The molecule has 7 nitrogen and oxygen atoms in total. The van der Waals surface area contributed by atoms with Gasteiger partial charge in [0.05, 0.1) is 4.90 Å². The van der Waals surface area contributed by atoms with Crippen LogP contribution in [0.4, 0.5) is 11.4 Å². The highest BCUT2D eigenvalue weighted by molar-refractivity contribution is 7.89. The van der Waals surface area contributed by atoms with Gasteiger partial charge >= 0.3 is 0 Å². The van der Waals surface area contributed by atoms with E-state index >= 15 is 0 Å². The maximum absolute atomic E-state index is 13.2. The van der Waals surface area contributed by atoms with Crippen LogP contribution in [0.2, 0.25) is 0 Å². The van der Waals surface area contributed by atoms with E-state index in [0.717, 1.165) is 16.7 Å². The number of carbonyl (C=O) groups excluding carboxylic acids is 2. The molecule has 3 aromatic carbocycles. The summed E-state index contributed by atoms with van der Waals surface area (Å²) in [6, 6.07) is 20.1. The van der Waals surface area contributed by atoms with Crippen LogP contribution in [-0.4, -0.2) is 26.3 Å². The third-order valence-electron chi connectivity index (χ3n) is 5.46. The Kier molecular flexibility index (Phi) is 6.57. The first-order valence-corrected chi connectivity index (χ1v) is 12.1. The summed E-state index contributed by atoms with van der Waals surface area (Å²) in [4.78, 5) is 24.8. The number of rotatable bonds is 7. The smallest absolute Gasteiger partial charge is 0.242 e. The molecule has 170 valence electrons. The van der Waals surface area contributed by atoms with Gasteiger partial charge in [0.25, 0.3) is 0 Å². The summed E-state index contributed by atoms with van der Waals surface area (Å²) in [5.41, 5.74) is 3.78. The Morgan fingerprint density at radius 1 is 1.00 bits per heavy atom. The van der Waals surface area contributed by atoms with E-state index in [4.69, 9.17) is 0 Å². The second-order valence-electron chi connectivity index (χ2n) is 8.09. The van der Waals surface area contributed by atoms with Crippen LogP contribution in [0.15, 0.2) is 77.7 Å². The fourth-order valence-electron chi connectivity index (χ4n) is 3.77. The Morgan fingerprint density at radius 3 is 2.55 bits per heavy atom. The average molecular weight is 464 g/mol. The molecule has 0 bridgehead atoms. The van der Waals surface area contributed by atoms with Crippen molar-refractivity contribution in [2.75, 3.05) is 10.6 Å². The van der Waals surface area contributed by atoms with Gasteiger partial charge in [0.1, 0.15) is 6.04 Å². The van der Waals surface area contributed by atoms with Gasteiger partial charge in [-0.15, -0.1) is 0 Å². The number of fused-ring (bicyclic) bond motifs is 1. The van der Waals surface area contributed by atoms with Gasteiger partial charge in [0.15, 0.2) is 0 Å². The predicted octanol–water partition coefficient (Wildman–Crippen LogP) is 3.41. The molecule has 3 N–H and O–H groups in total. The van der Waals surface area contributed by atoms with Crippen molar-refractivity contribution in [1.82, 2.24) is 4.72 Å². The van der Waals surface area contributed by atoms with Crippen LogP contribution in [-0.2, 0) is 32.5 Å². The number of sulfonamides is 1. The molecule has 0 saturated heterocycles. The molecule has 33 heavy (non-hydrogen) atoms. The molecule has 0 fully saturated rings. The molecule has 1 aliphatic rings. The number of hydrogen-bond donors (Lipinski definition) is 3. The van der Waals surface area contributed by atoms with E-state index in [0.29, 0.717) is 24.2 Å². The summed E-state index contributed by atoms with van der Waals surface area (Å²) in [5, 5.41) is 5.56. The number of anilines is 2. The molecule has 1 atom stereocenters. The van der Waals surface area contributed by atoms with Crippen LogP contribution in [0.5, 0.6) is 0 Å². The first kappa shape index (κ1) is 22.7. The van der Waals surface area contributed by atoms with Gasteiger partial charge in [-0.25, -0.2) is 8.42 Å². The van der Waals surface area contributed by atoms with Gasteiger partial charge in [0.2, 0.25) is 21.8 Å². The molecular weight excluding hydrogens is 438 g/mol. The number of benzene rings is 3. The van der Waals surface area contributed by atoms with E-state index in [1.165, 1.54) is 6.07 Å². The fraction of sp³-hybridized carbons (Fsp3) is 0.200. The molecule has 0 aliphatic carbocycles. The first-order valence-electron chi connectivity index (χ1n) is 10.7. The lowest BCUT2D eigenvalue weighted by Gasteiger charge is -2.21. The quantitative estimate of drug-likeness (QED) is 0.499. The van der Waals surface area contributed by atoms with Crippen molar-refractivity contribution in [3.8, 4) is 0 Å². The minimum absolute atomic E-state index is 0.0545. The summed E-state index contributed by atoms with van der Waals surface area (Å²) >= 11 is 0. The van der Waals surface area contributed by atoms with Crippen molar-refractivity contribution in [1.29, 1.82) is 0 Å². The molecule has 4 rings (SSSR count). The van der Waals surface area contributed by atoms with E-state index in [-0.39, 0.29) is 17.2 Å². The average Bonchev–Trinajstić information content (AvgIpc) is 2.79. The second kappa shape index (κ2) is 9.56. The molecule has 0 aromatic heterocycles. The van der Waals surface area contributed by atoms with Crippen molar-refractivity contribution in [3.63, 3.8) is 0 Å². The van der Waals surface area contributed by atoms with Crippen molar-refractivity contribution in [2.24, 2.45) is 0 Å². The molecule has 0 spiro atoms. The van der Waals surface area contributed by atoms with E-state index in [1.807, 2.05) is 55.5 Å². The third-order valence-corrected chi connectivity index (χ3v) is 6.93. The Morgan fingerprint density at radius 2 is 1.79 bits per heavy atom. The van der Waals surface area contributed by atoms with Crippen LogP contribution in [0, 0.1) is 6.92 Å². The highest BCUT2D eigenvalue weighted by Crippen LogP contribution is 2.25. The predicted molar refractivity (Wildman–Crippen MR) is 127 cm³/mol. The lowest BCUT2D eigenvalue weighted by molar-refractivity contribution is -0.118. The van der Waals surface area contributed by atoms with Crippen LogP contribution < -0.4 is 15.4 Å². The van der Waals surface area contributed by atoms with E-state index in [9.17, 15) is 18.0 Å². The minimum Gasteiger partial charge on any atom is -0.326 e. The standard InChI is InChI=1S/C25H25N3O4S/c1-17-6-5-9-20(14-17)26-25(30)23(15-18-7-3-2-4-8-18)28-33(31,32)21-11-12-22-19(16-21)10-13-24(29)27-22/h2-9,11-12,14,16,23,28H,10,13,15H2,1H3,(H,26,30)(H,27,29)/t23-/m0/s1. The monoisotopic (exact) mass is 463 g/mol. The molecule has 2 amide bonds. The molecule has 0 radical (unpaired) electrons. The zero-order valence-corrected chi connectivity index (χ0v) is 19.0. The van der Waals surface area contributed by atoms with Gasteiger partial charge in [-0.3, -0.25) is 9.59 Å². The van der Waals surface area contributed by atoms with Gasteiger partial charge < -0.3 is 10.6 Å². The Balaban J connectivity index is 1.59. The number of hydrogen-bond acceptors (Lipinski definition) is 4. The Bertz CT molecular complexity index is 1290. The first-order chi connectivity index (χ1) is 15.8. The summed E-state index contributed by atoms with van der Waals surface area (Å²) in [6.45, 7) is 1.92. The van der Waals surface area contributed by atoms with E-state index in [2.05, 4.69) is 15.4 Å². The normalized spacial score (nSPS) is 14.2. The Hall–Kier alpha value is -3.49. The molecule has 8 heteroatoms. The number of amides is 2. The van der Waals surface area contributed by atoms with Gasteiger partial charge in [0, 0.05) is 17.8 Å². The number of nitrogens with one attached hydrogen (secondary N) is 3. The van der Waals surface area contributed by atoms with Crippen molar-refractivity contribution >= 4 is 33.2 Å². The maximum Gasteiger partial charge on any atom is 0.242 e. The van der Waals surface area contributed by atoms with E-state index in [1.54, 1.807) is 18.2 Å². The minimum atomic E-state index is -4.00. The van der Waals surface area contributed by atoms with E-state index < -0.39 is 22.0 Å². The molecule has 0 unspecified atom stereocenters. The van der Waals surface area contributed by atoms with Crippen molar-refractivity contribution in [2.45, 2.75) is 37.1 Å². The van der Waals surface area contributed by atoms with Crippen LogP contribution in [0.1, 0.15) is 23.1 Å². The number of carbonyl (C=O) groups is 2. The summed E-state index contributed by atoms with van der Waals surface area (Å²) < 4.78 is 29.0. The largest absolute Gasteiger partial charge is 0.326 e. The number of aryl methyl sites for hydroxylation is 2. The maximum atomic E-state index is 13.2. The molecule has 3 aromatic rings. The highest BCUT2D eigenvalue weighted by atomic mass is 32.2. The molecular formula is C25H25N3O4S. The lowest BCUT2D eigenvalue weighted by Crippen LogP contribution is -2.45. The molecule has 1 heterocycles. The fourth-order valence-corrected chi connectivity index (χ4v) is 5.02. The van der Waals surface area contributed by atoms with Gasteiger partial charge in [-0.1, -0.05) is 42.5 Å². The zero-order valence-electron chi connectivity index (χ0n) is 18.2. The summed E-state index contributed by atoms with van der Waals surface area (Å²) in [6.07, 6.45) is 0.962. The third kappa shape index (κ3) is 5.66. The summed E-state index contributed by atoms with van der Waals surface area (Å²) in [7, 11) is -4.00. The van der Waals surface area contributed by atoms with Crippen LogP contribution >= 0.6 is 0 Å². The van der Waals surface area contributed by atoms with Crippen molar-refractivity contribution in [3.05, 3.63) is 89.5 Å². The van der Waals surface area contributed by atoms with Crippen molar-refractivity contribution < 1.29 is 18.0 Å². The van der Waals surface area contributed by atoms with Crippen LogP contribution in [0.25, 0.3) is 0 Å². The molecule has 0 saturated carbocycles. The zero-order chi connectivity index (χ0) is 23.4. The topological polar surface area (TPSA) is 104 Å². The lowest BCUT2D eigenvalue weighted by atomic mass is 10.0. The van der Waals surface area contributed by atoms with Gasteiger partial charge in [-0.05, 0) is 66.8 Å². The summed E-state index contributed by atoms with van der Waals surface area (Å²) in [5.74, 6) is -0.537. The van der Waals surface area contributed by atoms with Gasteiger partial charge in [-0.2, -0.15) is 4.72 Å². The SMILES string of the molecule is Cc1cccc(NC(=O)[C@H](Cc2ccccc2)NS(=O)(=O)c2ccc3c(c2)CCC(=O)N3)c1.